The number of carboxylic acid groups (broad SMARTS) is 1. The van der Waals surface area contributed by atoms with Crippen molar-refractivity contribution in [2.24, 2.45) is 0 Å². The molecule has 0 fully saturated rings. The molecule has 0 radical (unpaired) electrons. The zero-order valence-corrected chi connectivity index (χ0v) is 10.8. The number of carbonyl (C=O) groups is 2. The van der Waals surface area contributed by atoms with E-state index in [2.05, 4.69) is 5.32 Å². The summed E-state index contributed by atoms with van der Waals surface area (Å²) < 4.78 is 5.29. The molecule has 0 spiro atoms. The number of hydrogen-bond acceptors (Lipinski definition) is 3. The lowest BCUT2D eigenvalue weighted by Crippen LogP contribution is -2.29. The summed E-state index contributed by atoms with van der Waals surface area (Å²) in [5.74, 6) is -0.580. The first-order valence-corrected chi connectivity index (χ1v) is 6.02. The Morgan fingerprint density at radius 3 is 2.58 bits per heavy atom. The standard InChI is InChI=1S/C14H17NO4/c1-2-9-15-13(16)10-19-12-6-3-11(4-7-12)5-8-14(17)18/h3-8H,2,9-10H2,1H3,(H,15,16)(H,17,18)/b8-5+. The third-order valence-electron chi connectivity index (χ3n) is 2.24. The van der Waals surface area contributed by atoms with Crippen LogP contribution in [0.4, 0.5) is 0 Å². The number of aliphatic carboxylic acids is 1. The van der Waals surface area contributed by atoms with Crippen molar-refractivity contribution < 1.29 is 19.4 Å². The van der Waals surface area contributed by atoms with Crippen LogP contribution in [0.25, 0.3) is 6.08 Å². The van der Waals surface area contributed by atoms with E-state index < -0.39 is 5.97 Å². The maximum absolute atomic E-state index is 11.3. The van der Waals surface area contributed by atoms with E-state index in [1.165, 1.54) is 6.08 Å². The van der Waals surface area contributed by atoms with E-state index in [9.17, 15) is 9.59 Å². The summed E-state index contributed by atoms with van der Waals surface area (Å²) in [7, 11) is 0. The summed E-state index contributed by atoms with van der Waals surface area (Å²) in [6, 6.07) is 6.82. The Balaban J connectivity index is 2.44. The molecular weight excluding hydrogens is 246 g/mol. The number of benzene rings is 1. The molecule has 5 nitrogen and oxygen atoms in total. The second kappa shape index (κ2) is 7.92. The molecule has 0 aliphatic rings. The first kappa shape index (κ1) is 14.8. The van der Waals surface area contributed by atoms with Gasteiger partial charge in [0.1, 0.15) is 5.75 Å². The van der Waals surface area contributed by atoms with Crippen molar-refractivity contribution >= 4 is 18.0 Å². The van der Waals surface area contributed by atoms with E-state index in [1.54, 1.807) is 24.3 Å². The molecule has 1 aromatic carbocycles. The van der Waals surface area contributed by atoms with Gasteiger partial charge in [0.05, 0.1) is 0 Å². The maximum atomic E-state index is 11.3. The van der Waals surface area contributed by atoms with Crippen LogP contribution in [-0.4, -0.2) is 30.1 Å². The minimum Gasteiger partial charge on any atom is -0.484 e. The number of hydrogen-bond donors (Lipinski definition) is 2. The highest BCUT2D eigenvalue weighted by Crippen LogP contribution is 2.13. The van der Waals surface area contributed by atoms with E-state index >= 15 is 0 Å². The average molecular weight is 263 g/mol. The van der Waals surface area contributed by atoms with Gasteiger partial charge < -0.3 is 15.2 Å². The minimum atomic E-state index is -0.993. The number of rotatable bonds is 7. The molecular formula is C14H17NO4. The normalized spacial score (nSPS) is 10.4. The smallest absolute Gasteiger partial charge is 0.328 e. The molecule has 0 bridgehead atoms. The van der Waals surface area contributed by atoms with E-state index in [-0.39, 0.29) is 12.5 Å². The summed E-state index contributed by atoms with van der Waals surface area (Å²) in [4.78, 5) is 21.7. The average Bonchev–Trinajstić information content (AvgIpc) is 2.41. The van der Waals surface area contributed by atoms with E-state index in [0.717, 1.165) is 18.1 Å². The summed E-state index contributed by atoms with van der Waals surface area (Å²) in [5.41, 5.74) is 0.755. The monoisotopic (exact) mass is 263 g/mol. The van der Waals surface area contributed by atoms with Crippen LogP contribution in [-0.2, 0) is 9.59 Å². The van der Waals surface area contributed by atoms with E-state index in [1.807, 2.05) is 6.92 Å². The summed E-state index contributed by atoms with van der Waals surface area (Å²) in [5, 5.41) is 11.2. The first-order chi connectivity index (χ1) is 9.11. The molecule has 0 aliphatic carbocycles. The topological polar surface area (TPSA) is 75.6 Å². The van der Waals surface area contributed by atoms with Crippen LogP contribution in [0, 0.1) is 0 Å². The molecule has 102 valence electrons. The highest BCUT2D eigenvalue weighted by Gasteiger charge is 2.01. The third kappa shape index (κ3) is 6.26. The number of carboxylic acids is 1. The molecule has 0 atom stereocenters. The zero-order chi connectivity index (χ0) is 14.1. The highest BCUT2D eigenvalue weighted by atomic mass is 16.5. The first-order valence-electron chi connectivity index (χ1n) is 6.02. The van der Waals surface area contributed by atoms with Gasteiger partial charge in [-0.25, -0.2) is 4.79 Å². The van der Waals surface area contributed by atoms with Crippen LogP contribution in [0.1, 0.15) is 18.9 Å². The van der Waals surface area contributed by atoms with Crippen LogP contribution in [0.2, 0.25) is 0 Å². The second-order valence-corrected chi connectivity index (χ2v) is 3.88. The van der Waals surface area contributed by atoms with Gasteiger partial charge in [-0.05, 0) is 30.2 Å². The second-order valence-electron chi connectivity index (χ2n) is 3.88. The van der Waals surface area contributed by atoms with Crippen LogP contribution in [0.5, 0.6) is 5.75 Å². The molecule has 1 aromatic rings. The van der Waals surface area contributed by atoms with Crippen molar-refractivity contribution in [2.45, 2.75) is 13.3 Å². The molecule has 0 saturated heterocycles. The van der Waals surface area contributed by atoms with Gasteiger partial charge in [0.2, 0.25) is 0 Å². The molecule has 1 rings (SSSR count). The molecule has 2 N–H and O–H groups in total. The van der Waals surface area contributed by atoms with E-state index in [0.29, 0.717) is 12.3 Å². The Bertz CT molecular complexity index is 451. The van der Waals surface area contributed by atoms with Gasteiger partial charge in [0.15, 0.2) is 6.61 Å². The van der Waals surface area contributed by atoms with Crippen LogP contribution < -0.4 is 10.1 Å². The van der Waals surface area contributed by atoms with Crippen molar-refractivity contribution in [3.8, 4) is 5.75 Å². The molecule has 19 heavy (non-hydrogen) atoms. The van der Waals surface area contributed by atoms with Crippen molar-refractivity contribution in [3.05, 3.63) is 35.9 Å². The van der Waals surface area contributed by atoms with Gasteiger partial charge in [-0.3, -0.25) is 4.79 Å². The van der Waals surface area contributed by atoms with Crippen molar-refractivity contribution in [2.75, 3.05) is 13.2 Å². The van der Waals surface area contributed by atoms with Gasteiger partial charge >= 0.3 is 5.97 Å². The molecule has 0 saturated carbocycles. The SMILES string of the molecule is CCCNC(=O)COc1ccc(/C=C/C(=O)O)cc1. The fourth-order valence-corrected chi connectivity index (χ4v) is 1.31. The van der Waals surface area contributed by atoms with E-state index in [4.69, 9.17) is 9.84 Å². The Kier molecular flexibility index (Phi) is 6.15. The number of carbonyl (C=O) groups excluding carboxylic acids is 1. The lowest BCUT2D eigenvalue weighted by Gasteiger charge is -2.06. The molecule has 5 heteroatoms. The Labute approximate surface area is 111 Å². The van der Waals surface area contributed by atoms with Crippen LogP contribution >= 0.6 is 0 Å². The van der Waals surface area contributed by atoms with Gasteiger partial charge in [-0.1, -0.05) is 19.1 Å². The lowest BCUT2D eigenvalue weighted by molar-refractivity contribution is -0.131. The lowest BCUT2D eigenvalue weighted by atomic mass is 10.2. The zero-order valence-electron chi connectivity index (χ0n) is 10.8. The summed E-state index contributed by atoms with van der Waals surface area (Å²) >= 11 is 0. The van der Waals surface area contributed by atoms with Gasteiger partial charge in [0, 0.05) is 12.6 Å². The number of amides is 1. The highest BCUT2D eigenvalue weighted by molar-refractivity contribution is 5.85. The fraction of sp³-hybridized carbons (Fsp3) is 0.286. The predicted octanol–water partition coefficient (Wildman–Crippen LogP) is 1.69. The molecule has 0 unspecified atom stereocenters. The summed E-state index contributed by atoms with van der Waals surface area (Å²) in [6.07, 6.45) is 3.43. The quantitative estimate of drug-likeness (QED) is 0.734. The van der Waals surface area contributed by atoms with Crippen molar-refractivity contribution in [1.82, 2.24) is 5.32 Å². The van der Waals surface area contributed by atoms with Gasteiger partial charge in [-0.15, -0.1) is 0 Å². The maximum Gasteiger partial charge on any atom is 0.328 e. The molecule has 0 aromatic heterocycles. The summed E-state index contributed by atoms with van der Waals surface area (Å²) in [6.45, 7) is 2.59. The number of ether oxygens (including phenoxy) is 1. The molecule has 0 aliphatic heterocycles. The Hall–Kier alpha value is -2.30. The van der Waals surface area contributed by atoms with Crippen molar-refractivity contribution in [1.29, 1.82) is 0 Å². The number of nitrogens with one attached hydrogen (secondary N) is 1. The fourth-order valence-electron chi connectivity index (χ4n) is 1.31. The van der Waals surface area contributed by atoms with Gasteiger partial charge in [-0.2, -0.15) is 0 Å². The predicted molar refractivity (Wildman–Crippen MR) is 71.9 cm³/mol. The van der Waals surface area contributed by atoms with Crippen LogP contribution in [0.3, 0.4) is 0 Å². The van der Waals surface area contributed by atoms with Crippen LogP contribution in [0.15, 0.2) is 30.3 Å². The molecule has 0 heterocycles. The largest absolute Gasteiger partial charge is 0.484 e. The molecule has 1 amide bonds. The van der Waals surface area contributed by atoms with Crippen molar-refractivity contribution in [3.63, 3.8) is 0 Å². The Morgan fingerprint density at radius 2 is 2.00 bits per heavy atom. The Morgan fingerprint density at radius 1 is 1.32 bits per heavy atom. The van der Waals surface area contributed by atoms with Gasteiger partial charge in [0.25, 0.3) is 5.91 Å². The third-order valence-corrected chi connectivity index (χ3v) is 2.24. The minimum absolute atomic E-state index is 0.0235.